The Hall–Kier alpha value is -2.75. The molecule has 6 fully saturated rings. The van der Waals surface area contributed by atoms with Crippen LogP contribution in [0.5, 0.6) is 0 Å². The van der Waals surface area contributed by atoms with Crippen molar-refractivity contribution in [3.8, 4) is 0 Å². The fourth-order valence-corrected chi connectivity index (χ4v) is 9.85. The Morgan fingerprint density at radius 3 is 1.28 bits per heavy atom. The largest absolute Gasteiger partial charge is 0.394 e. The highest BCUT2D eigenvalue weighted by Gasteiger charge is 2.58. The monoisotopic (exact) mass is 1160 g/mol. The molecule has 35 heteroatoms. The minimum absolute atomic E-state index is 0.275. The molecule has 0 radical (unpaired) electrons. The first-order chi connectivity index (χ1) is 37.5. The molecule has 6 aliphatic rings. The molecular weight excluding hydrogens is 1080 g/mol. The highest BCUT2D eigenvalue weighted by Crippen LogP contribution is 2.37. The van der Waals surface area contributed by atoms with Crippen molar-refractivity contribution >= 4 is 18.2 Å². The third-order valence-corrected chi connectivity index (χ3v) is 14.2. The van der Waals surface area contributed by atoms with Gasteiger partial charge in [0, 0.05) is 13.8 Å². The van der Waals surface area contributed by atoms with Gasteiger partial charge < -0.3 is 160 Å². The number of aliphatic hydroxyl groups excluding tert-OH is 17. The summed E-state index contributed by atoms with van der Waals surface area (Å²) in [6.45, 7) is -2.68. The quantitative estimate of drug-likeness (QED) is 0.0423. The molecule has 6 rings (SSSR count). The molecule has 0 aromatic carbocycles. The van der Waals surface area contributed by atoms with Crippen LogP contribution in [-0.2, 0) is 71.2 Å². The van der Waals surface area contributed by atoms with E-state index in [1.54, 1.807) is 0 Å². The molecule has 0 aromatic heterocycles. The molecule has 0 aliphatic carbocycles. The van der Waals surface area contributed by atoms with Crippen molar-refractivity contribution in [2.75, 3.05) is 46.2 Å². The molecule has 0 saturated carbocycles. The normalized spacial score (nSPS) is 47.2. The zero-order valence-electron chi connectivity index (χ0n) is 42.7. The number of rotatable bonds is 23. The second kappa shape index (κ2) is 29.2. The van der Waals surface area contributed by atoms with E-state index in [1.807, 2.05) is 0 Å². The van der Waals surface area contributed by atoms with Crippen LogP contribution in [-0.4, -0.2) is 341 Å². The van der Waals surface area contributed by atoms with Crippen molar-refractivity contribution < 1.29 is 158 Å². The van der Waals surface area contributed by atoms with Crippen molar-refractivity contribution in [1.29, 1.82) is 0 Å². The molecule has 458 valence electrons. The van der Waals surface area contributed by atoms with E-state index in [0.29, 0.717) is 0 Å². The van der Waals surface area contributed by atoms with Crippen molar-refractivity contribution in [3.05, 3.63) is 0 Å². The second-order valence-corrected chi connectivity index (χ2v) is 19.7. The van der Waals surface area contributed by atoms with Gasteiger partial charge in [0.2, 0.25) is 18.2 Å². The van der Waals surface area contributed by atoms with Gasteiger partial charge in [0.1, 0.15) is 140 Å². The number of ether oxygens (including phenoxy) is 12. The van der Waals surface area contributed by atoms with Crippen molar-refractivity contribution in [1.82, 2.24) is 16.0 Å². The summed E-state index contributed by atoms with van der Waals surface area (Å²) in [4.78, 5) is 36.3. The summed E-state index contributed by atoms with van der Waals surface area (Å²) >= 11 is 0. The highest BCUT2D eigenvalue weighted by molar-refractivity contribution is 5.73. The lowest BCUT2D eigenvalue weighted by Gasteiger charge is -2.51. The Morgan fingerprint density at radius 2 is 0.810 bits per heavy atom. The Morgan fingerprint density at radius 1 is 0.430 bits per heavy atom. The average Bonchev–Trinajstić information content (AvgIpc) is 3.55. The van der Waals surface area contributed by atoms with Gasteiger partial charge in [-0.15, -0.1) is 0 Å². The van der Waals surface area contributed by atoms with Gasteiger partial charge >= 0.3 is 0 Å². The van der Waals surface area contributed by atoms with E-state index in [-0.39, 0.29) is 6.41 Å². The molecule has 20 N–H and O–H groups in total. The Balaban J connectivity index is 1.23. The lowest BCUT2D eigenvalue weighted by atomic mass is 9.93. The minimum atomic E-state index is -2.25. The van der Waals surface area contributed by atoms with E-state index >= 15 is 0 Å². The molecule has 0 aromatic rings. The standard InChI is InChI=1S/C44H75N3O32/c1-12-23(57)28(62)30(64)42(69-12)75-34-19(8-52)73-39(21(27(34)61)46-13(2)55)78-37-25(59)18(7-51)72-44(33(37)67)77-36-22(47-14(3)56)40(70-16(5-49)24(36)58)79-38-26(60)17(6-50)71-43(32(38)66)76-35-20(9-53)74-41(31(65)29(35)63)68-10-15(4-48)45-11-54/h11-12,15-44,48-53,57-67H,4-10H2,1-3H3,(H,45,54)(H,46,55)(H,47,56)/t12-,15+,16+,17+,18+,19+,20+,21+,22+,23+,24+,25-,26-,27+,28+,29+,30-,31+,32+,33+,34+,35+,36+,37-,38-,39-,40-,41+,42-,43-,44-/m0/s1. The smallest absolute Gasteiger partial charge is 0.217 e. The fraction of sp³-hybridized carbons (Fsp3) is 0.932. The minimum Gasteiger partial charge on any atom is -0.394 e. The molecule has 6 heterocycles. The predicted octanol–water partition coefficient (Wildman–Crippen LogP) is -13.7. The van der Waals surface area contributed by atoms with Crippen LogP contribution in [0.3, 0.4) is 0 Å². The van der Waals surface area contributed by atoms with Crippen molar-refractivity contribution in [2.24, 2.45) is 0 Å². The summed E-state index contributed by atoms with van der Waals surface area (Å²) in [6.07, 6.45) is -51.9. The number of carbonyl (C=O) groups is 3. The van der Waals surface area contributed by atoms with Gasteiger partial charge in [-0.1, -0.05) is 0 Å². The van der Waals surface area contributed by atoms with Gasteiger partial charge in [0.25, 0.3) is 0 Å². The van der Waals surface area contributed by atoms with Gasteiger partial charge in [-0.3, -0.25) is 14.4 Å². The average molecular weight is 1160 g/mol. The van der Waals surface area contributed by atoms with Gasteiger partial charge in [0.05, 0.1) is 58.4 Å². The predicted molar refractivity (Wildman–Crippen MR) is 245 cm³/mol. The Kier molecular flexibility index (Phi) is 24.2. The molecule has 0 spiro atoms. The molecule has 35 nitrogen and oxygen atoms in total. The third kappa shape index (κ3) is 14.8. The second-order valence-electron chi connectivity index (χ2n) is 19.7. The number of aliphatic hydroxyl groups is 17. The Bertz CT molecular complexity index is 1910. The van der Waals surface area contributed by atoms with Gasteiger partial charge in [-0.25, -0.2) is 0 Å². The summed E-state index contributed by atoms with van der Waals surface area (Å²) in [6, 6.07) is -4.51. The Labute approximate surface area is 448 Å². The number of carbonyl (C=O) groups excluding carboxylic acids is 3. The summed E-state index contributed by atoms with van der Waals surface area (Å²) in [5.41, 5.74) is 0. The molecule has 6 aliphatic heterocycles. The van der Waals surface area contributed by atoms with Crippen LogP contribution >= 0.6 is 0 Å². The van der Waals surface area contributed by atoms with E-state index in [2.05, 4.69) is 16.0 Å². The zero-order valence-corrected chi connectivity index (χ0v) is 42.7. The van der Waals surface area contributed by atoms with Crippen molar-refractivity contribution in [2.45, 2.75) is 211 Å². The molecule has 0 bridgehead atoms. The number of hydrogen-bond acceptors (Lipinski definition) is 32. The highest BCUT2D eigenvalue weighted by atomic mass is 16.8. The molecule has 3 amide bonds. The maximum atomic E-state index is 12.9. The van der Waals surface area contributed by atoms with E-state index in [1.165, 1.54) is 6.92 Å². The van der Waals surface area contributed by atoms with Crippen LogP contribution < -0.4 is 16.0 Å². The van der Waals surface area contributed by atoms with E-state index < -0.39 is 248 Å². The van der Waals surface area contributed by atoms with Crippen LogP contribution in [0.2, 0.25) is 0 Å². The lowest BCUT2D eigenvalue weighted by molar-refractivity contribution is -0.386. The summed E-state index contributed by atoms with van der Waals surface area (Å²) in [5, 5.41) is 191. The fourth-order valence-electron chi connectivity index (χ4n) is 9.85. The van der Waals surface area contributed by atoms with Crippen LogP contribution in [0, 0.1) is 0 Å². The maximum Gasteiger partial charge on any atom is 0.217 e. The summed E-state index contributed by atoms with van der Waals surface area (Å²) in [7, 11) is 0. The summed E-state index contributed by atoms with van der Waals surface area (Å²) in [5.74, 6) is -1.70. The number of hydrogen-bond donors (Lipinski definition) is 20. The van der Waals surface area contributed by atoms with Gasteiger partial charge in [0.15, 0.2) is 37.7 Å². The third-order valence-electron chi connectivity index (χ3n) is 14.2. The topological polar surface area (TPSA) is 542 Å². The van der Waals surface area contributed by atoms with E-state index in [9.17, 15) is 101 Å². The van der Waals surface area contributed by atoms with Crippen LogP contribution in [0.1, 0.15) is 20.8 Å². The zero-order chi connectivity index (χ0) is 58.3. The maximum absolute atomic E-state index is 12.9. The molecule has 31 atom stereocenters. The van der Waals surface area contributed by atoms with Gasteiger partial charge in [-0.2, -0.15) is 0 Å². The van der Waals surface area contributed by atoms with Crippen LogP contribution in [0.4, 0.5) is 0 Å². The SMILES string of the molecule is CC(=O)N[C@H]1[C@H](O[C@H]2[C@@H](O)[C@@H](CO)O[C@@H](O[C@H]3[C@H](O)[C@@H](CO)O[C@@H](O[C@H]4[C@@H](O)[C@@H](CO)O[C@@H](O[C@H]5[C@H](O)[C@@H](O)[C@H](OC[C@@H](CO)NC=O)O[C@@H]5CO)[C@@H]4O)[C@@H]3NC(C)=O)[C@@H]2O)O[C@H](CO)[C@@H](O[C@@H]2O[C@@H](C)[C@@H](O)[C@@H](O)[C@@H]2O)[C@@H]1O. The van der Waals surface area contributed by atoms with Gasteiger partial charge in [-0.05, 0) is 6.92 Å². The van der Waals surface area contributed by atoms with E-state index in [4.69, 9.17) is 56.8 Å². The lowest BCUT2D eigenvalue weighted by Crippen LogP contribution is -2.71. The first kappa shape index (κ1) is 65.4. The molecule has 6 saturated heterocycles. The van der Waals surface area contributed by atoms with Crippen LogP contribution in [0.15, 0.2) is 0 Å². The van der Waals surface area contributed by atoms with Crippen molar-refractivity contribution in [3.63, 3.8) is 0 Å². The summed E-state index contributed by atoms with van der Waals surface area (Å²) < 4.78 is 69.1. The van der Waals surface area contributed by atoms with E-state index in [0.717, 1.165) is 13.8 Å². The molecule has 79 heavy (non-hydrogen) atoms. The molecular formula is C44H75N3O32. The number of amides is 3. The molecule has 0 unspecified atom stereocenters. The van der Waals surface area contributed by atoms with Crippen LogP contribution in [0.25, 0.3) is 0 Å². The first-order valence-corrected chi connectivity index (χ1v) is 25.2. The number of nitrogens with one attached hydrogen (secondary N) is 3. The first-order valence-electron chi connectivity index (χ1n) is 25.2.